The summed E-state index contributed by atoms with van der Waals surface area (Å²) in [5.74, 6) is -1.11. The Kier molecular flexibility index (Phi) is 6.83. The first kappa shape index (κ1) is 27.4. The van der Waals surface area contributed by atoms with Gasteiger partial charge >= 0.3 is 26.1 Å². The number of ether oxygens (including phenoxy) is 1. The molecular weight excluding hydrogens is 511 g/mol. The molecule has 2 saturated heterocycles. The Morgan fingerprint density at radius 1 is 1.09 bits per heavy atom. The summed E-state index contributed by atoms with van der Waals surface area (Å²) in [4.78, 5) is 42.9. The van der Waals surface area contributed by atoms with E-state index in [1.54, 1.807) is 6.92 Å². The molecule has 0 saturated carbocycles. The van der Waals surface area contributed by atoms with Gasteiger partial charge in [-0.3, -0.25) is 4.79 Å². The van der Waals surface area contributed by atoms with Gasteiger partial charge in [-0.1, -0.05) is 0 Å². The van der Waals surface area contributed by atoms with Crippen molar-refractivity contribution in [2.24, 2.45) is 0 Å². The second kappa shape index (κ2) is 8.73. The van der Waals surface area contributed by atoms with Crippen LogP contribution in [0.3, 0.4) is 0 Å². The maximum Gasteiger partial charge on any atom is 0.440 e. The van der Waals surface area contributed by atoms with Gasteiger partial charge in [-0.15, -0.1) is 0 Å². The number of imide groups is 1. The number of alkyl halides is 6. The van der Waals surface area contributed by atoms with Crippen LogP contribution in [0.1, 0.15) is 49.5 Å². The predicted molar refractivity (Wildman–Crippen MR) is 107 cm³/mol. The molecular formula is C19H22F6N3O6P. The topological polar surface area (TPSA) is 128 Å². The average molecular weight is 533 g/mol. The molecule has 9 nitrogen and oxygen atoms in total. The van der Waals surface area contributed by atoms with Crippen molar-refractivity contribution in [1.29, 1.82) is 0 Å². The van der Waals surface area contributed by atoms with Gasteiger partial charge in [-0.05, 0) is 50.5 Å². The van der Waals surface area contributed by atoms with Crippen molar-refractivity contribution in [2.75, 3.05) is 13.2 Å². The van der Waals surface area contributed by atoms with Crippen molar-refractivity contribution in [3.05, 3.63) is 34.9 Å². The Bertz CT molecular complexity index is 1030. The molecule has 3 atom stereocenters. The molecule has 2 aliphatic heterocycles. The Labute approximate surface area is 195 Å². The summed E-state index contributed by atoms with van der Waals surface area (Å²) in [6, 6.07) is -0.0687. The van der Waals surface area contributed by atoms with E-state index in [1.807, 2.05) is 0 Å². The summed E-state index contributed by atoms with van der Waals surface area (Å²) < 4.78 is 95.6. The van der Waals surface area contributed by atoms with Crippen LogP contribution < -0.4 is 10.6 Å². The maximum absolute atomic E-state index is 13.1. The molecule has 3 amide bonds. The fourth-order valence-electron chi connectivity index (χ4n) is 3.90. The number of hydrogen-bond acceptors (Lipinski definition) is 5. The highest BCUT2D eigenvalue weighted by atomic mass is 31.2. The lowest BCUT2D eigenvalue weighted by Gasteiger charge is -2.42. The molecule has 16 heteroatoms. The SMILES string of the molecule is C[C@@H](OC[C@@]1(C)CC[C@]2(CN1)NC(=O)N(P(=O)(O)O)C2=O)c1cc(C(F)(F)F)cc(C(F)(F)F)c1. The number of nitrogens with one attached hydrogen (secondary N) is 2. The molecule has 0 aliphatic carbocycles. The molecule has 4 N–H and O–H groups in total. The first-order valence-electron chi connectivity index (χ1n) is 10.2. The number of benzene rings is 1. The minimum Gasteiger partial charge on any atom is -0.372 e. The Hall–Kier alpha value is -2.19. The molecule has 1 spiro atoms. The lowest BCUT2D eigenvalue weighted by atomic mass is 9.81. The van der Waals surface area contributed by atoms with E-state index >= 15 is 0 Å². The van der Waals surface area contributed by atoms with Gasteiger partial charge < -0.3 is 25.2 Å². The van der Waals surface area contributed by atoms with Crippen LogP contribution in [0.15, 0.2) is 18.2 Å². The van der Waals surface area contributed by atoms with Crippen LogP contribution in [-0.4, -0.2) is 50.6 Å². The van der Waals surface area contributed by atoms with Gasteiger partial charge in [-0.25, -0.2) is 9.36 Å². The van der Waals surface area contributed by atoms with Crippen LogP contribution in [0.4, 0.5) is 31.1 Å². The zero-order chi connectivity index (χ0) is 26.6. The Balaban J connectivity index is 1.71. The van der Waals surface area contributed by atoms with E-state index in [-0.39, 0.29) is 42.3 Å². The molecule has 35 heavy (non-hydrogen) atoms. The molecule has 1 aromatic rings. The van der Waals surface area contributed by atoms with E-state index in [0.29, 0.717) is 12.1 Å². The average Bonchev–Trinajstić information content (AvgIpc) is 2.97. The number of hydrogen-bond donors (Lipinski definition) is 4. The monoisotopic (exact) mass is 533 g/mol. The third-order valence-corrected chi connectivity index (χ3v) is 6.94. The standard InChI is InChI=1S/C19H22F6N3O6P/c1-10(11-5-12(18(20,21)22)7-13(6-11)19(23,24)25)34-9-16(2)3-4-17(8-26-16)14(29)28(15(30)27-17)35(31,32)33/h5-7,10,26H,3-4,8-9H2,1-2H3,(H,27,30)(H2,31,32,33)/t10-,16-,17-/m1/s1. The van der Waals surface area contributed by atoms with Gasteiger partial charge in [0.2, 0.25) is 0 Å². The molecule has 0 radical (unpaired) electrons. The highest BCUT2D eigenvalue weighted by Gasteiger charge is 2.58. The highest BCUT2D eigenvalue weighted by Crippen LogP contribution is 2.46. The van der Waals surface area contributed by atoms with Crippen molar-refractivity contribution < 1.29 is 55.0 Å². The minimum atomic E-state index is -5.18. The maximum atomic E-state index is 13.1. The molecule has 3 rings (SSSR count). The molecule has 2 fully saturated rings. The molecule has 1 aromatic carbocycles. The van der Waals surface area contributed by atoms with Gasteiger partial charge in [0.05, 0.1) is 23.8 Å². The summed E-state index contributed by atoms with van der Waals surface area (Å²) in [5, 5.41) is 5.20. The Morgan fingerprint density at radius 3 is 2.03 bits per heavy atom. The fraction of sp³-hybridized carbons (Fsp3) is 0.579. The van der Waals surface area contributed by atoms with Crippen molar-refractivity contribution in [3.8, 4) is 0 Å². The fourth-order valence-corrected chi connectivity index (χ4v) is 4.62. The van der Waals surface area contributed by atoms with E-state index in [2.05, 4.69) is 10.6 Å². The summed E-state index contributed by atoms with van der Waals surface area (Å²) in [7, 11) is -5.18. The lowest BCUT2D eigenvalue weighted by Crippen LogP contribution is -2.64. The van der Waals surface area contributed by atoms with Crippen LogP contribution in [0.5, 0.6) is 0 Å². The first-order valence-corrected chi connectivity index (χ1v) is 11.7. The van der Waals surface area contributed by atoms with E-state index in [9.17, 15) is 50.3 Å². The van der Waals surface area contributed by atoms with Crippen molar-refractivity contribution in [1.82, 2.24) is 15.3 Å². The van der Waals surface area contributed by atoms with Crippen LogP contribution >= 0.6 is 7.75 Å². The van der Waals surface area contributed by atoms with Crippen molar-refractivity contribution in [2.45, 2.75) is 56.2 Å². The van der Waals surface area contributed by atoms with Gasteiger partial charge in [0.25, 0.3) is 5.91 Å². The minimum absolute atomic E-state index is 0.0213. The highest BCUT2D eigenvalue weighted by molar-refractivity contribution is 7.50. The molecule has 2 aliphatic rings. The smallest absolute Gasteiger partial charge is 0.372 e. The largest absolute Gasteiger partial charge is 0.440 e. The number of carbonyl (C=O) groups is 2. The number of carbonyl (C=O) groups excluding carboxylic acids is 2. The third kappa shape index (κ3) is 5.64. The van der Waals surface area contributed by atoms with Crippen LogP contribution in [0.25, 0.3) is 0 Å². The van der Waals surface area contributed by atoms with E-state index in [0.717, 1.165) is 0 Å². The second-order valence-corrected chi connectivity index (χ2v) is 10.3. The van der Waals surface area contributed by atoms with Gasteiger partial charge in [0, 0.05) is 12.1 Å². The first-order chi connectivity index (χ1) is 15.8. The number of amides is 3. The van der Waals surface area contributed by atoms with Crippen LogP contribution in [0, 0.1) is 0 Å². The van der Waals surface area contributed by atoms with E-state index in [4.69, 9.17) is 4.74 Å². The Morgan fingerprint density at radius 2 is 1.63 bits per heavy atom. The molecule has 196 valence electrons. The number of piperidine rings is 1. The second-order valence-electron chi connectivity index (χ2n) is 8.85. The van der Waals surface area contributed by atoms with Crippen LogP contribution in [-0.2, 0) is 26.4 Å². The molecule has 2 heterocycles. The summed E-state index contributed by atoms with van der Waals surface area (Å²) >= 11 is 0. The number of rotatable bonds is 5. The van der Waals surface area contributed by atoms with Gasteiger partial charge in [0.15, 0.2) is 0 Å². The van der Waals surface area contributed by atoms with Crippen molar-refractivity contribution in [3.63, 3.8) is 0 Å². The third-order valence-electron chi connectivity index (χ3n) is 6.05. The molecule has 0 bridgehead atoms. The van der Waals surface area contributed by atoms with Crippen molar-refractivity contribution >= 4 is 19.7 Å². The van der Waals surface area contributed by atoms with Crippen LogP contribution in [0.2, 0.25) is 0 Å². The summed E-state index contributed by atoms with van der Waals surface area (Å²) in [6.07, 6.45) is -11.1. The summed E-state index contributed by atoms with van der Waals surface area (Å²) in [6.45, 7) is 2.50. The number of urea groups is 1. The zero-order valence-corrected chi connectivity index (χ0v) is 19.2. The van der Waals surface area contributed by atoms with Gasteiger partial charge in [0.1, 0.15) is 5.54 Å². The molecule has 0 aromatic heterocycles. The lowest BCUT2D eigenvalue weighted by molar-refractivity contribution is -0.143. The normalized spacial score (nSPS) is 26.9. The molecule has 0 unspecified atom stereocenters. The quantitative estimate of drug-likeness (QED) is 0.260. The summed E-state index contributed by atoms with van der Waals surface area (Å²) in [5.41, 5.74) is -5.78. The van der Waals surface area contributed by atoms with E-state index < -0.39 is 60.3 Å². The zero-order valence-electron chi connectivity index (χ0n) is 18.3. The number of halogens is 6. The predicted octanol–water partition coefficient (Wildman–Crippen LogP) is 3.33. The van der Waals surface area contributed by atoms with E-state index in [1.165, 1.54) is 6.92 Å². The van der Waals surface area contributed by atoms with Gasteiger partial charge in [-0.2, -0.15) is 31.0 Å². The number of nitrogens with zero attached hydrogens (tertiary/aromatic N) is 1.